The summed E-state index contributed by atoms with van der Waals surface area (Å²) in [5, 5.41) is 2.71. The van der Waals surface area contributed by atoms with Gasteiger partial charge >= 0.3 is 6.18 Å². The van der Waals surface area contributed by atoms with Crippen molar-refractivity contribution in [2.45, 2.75) is 32.5 Å². The molecule has 0 radical (unpaired) electrons. The number of carbonyl (C=O) groups is 1. The second kappa shape index (κ2) is 8.94. The summed E-state index contributed by atoms with van der Waals surface area (Å²) in [7, 11) is 1.67. The van der Waals surface area contributed by atoms with Crippen molar-refractivity contribution in [2.24, 2.45) is 5.92 Å². The van der Waals surface area contributed by atoms with Crippen LogP contribution in [0.1, 0.15) is 35.6 Å². The van der Waals surface area contributed by atoms with Crippen molar-refractivity contribution >= 4 is 11.5 Å². The van der Waals surface area contributed by atoms with Crippen molar-refractivity contribution < 1.29 is 22.7 Å². The first-order chi connectivity index (χ1) is 15.2. The molecule has 1 aromatic carbocycles. The highest BCUT2D eigenvalue weighted by Crippen LogP contribution is 2.35. The van der Waals surface area contributed by atoms with Crippen molar-refractivity contribution in [1.29, 1.82) is 0 Å². The summed E-state index contributed by atoms with van der Waals surface area (Å²) in [6.07, 6.45) is -0.390. The fourth-order valence-corrected chi connectivity index (χ4v) is 4.32. The molecule has 8 heteroatoms. The first-order valence-electron chi connectivity index (χ1n) is 10.6. The standard InChI is InChI=1S/C24H26F3N3O2/c1-15-18(11-30-12-19(13-30)23(31)28-2)4-3-17-8-21(5-6-22(15)17)32-14-16-7-20(10-29-9-16)24(25,26)27/h5-10,19H,3-4,11-14H2,1-2H3,(H,28,31). The van der Waals surface area contributed by atoms with Gasteiger partial charge in [0.25, 0.3) is 0 Å². The molecule has 5 nitrogen and oxygen atoms in total. The maximum atomic E-state index is 12.9. The number of rotatable bonds is 6. The normalized spacial score (nSPS) is 17.0. The predicted molar refractivity (Wildman–Crippen MR) is 115 cm³/mol. The number of ether oxygens (including phenoxy) is 1. The van der Waals surface area contributed by atoms with E-state index in [-0.39, 0.29) is 18.4 Å². The molecular formula is C24H26F3N3O2. The number of allylic oxidation sites excluding steroid dienone is 1. The molecule has 2 heterocycles. The molecule has 1 saturated heterocycles. The summed E-state index contributed by atoms with van der Waals surface area (Å²) in [5.74, 6) is 0.825. The number of aromatic nitrogens is 1. The molecule has 32 heavy (non-hydrogen) atoms. The lowest BCUT2D eigenvalue weighted by atomic mass is 9.85. The largest absolute Gasteiger partial charge is 0.489 e. The molecule has 1 aliphatic heterocycles. The second-order valence-corrected chi connectivity index (χ2v) is 8.42. The summed E-state index contributed by atoms with van der Waals surface area (Å²) in [4.78, 5) is 17.7. The zero-order chi connectivity index (χ0) is 22.9. The lowest BCUT2D eigenvalue weighted by Gasteiger charge is -2.39. The Kier molecular flexibility index (Phi) is 6.24. The van der Waals surface area contributed by atoms with Gasteiger partial charge in [-0.05, 0) is 54.7 Å². The van der Waals surface area contributed by atoms with Gasteiger partial charge in [0.2, 0.25) is 5.91 Å². The molecule has 2 aliphatic rings. The Morgan fingerprint density at radius 1 is 1.22 bits per heavy atom. The van der Waals surface area contributed by atoms with Crippen LogP contribution in [0.2, 0.25) is 0 Å². The van der Waals surface area contributed by atoms with Crippen molar-refractivity contribution in [3.05, 3.63) is 64.5 Å². The SMILES string of the molecule is CNC(=O)C1CN(CC2=C(C)c3ccc(OCc4cncc(C(F)(F)F)c4)cc3CC2)C1. The molecule has 170 valence electrons. The number of aryl methyl sites for hydroxylation is 1. The number of hydrogen-bond donors (Lipinski definition) is 1. The van der Waals surface area contributed by atoms with Crippen LogP contribution in [0.5, 0.6) is 5.75 Å². The fraction of sp³-hybridized carbons (Fsp3) is 0.417. The van der Waals surface area contributed by atoms with Crippen LogP contribution >= 0.6 is 0 Å². The molecule has 0 spiro atoms. The minimum atomic E-state index is -4.42. The van der Waals surface area contributed by atoms with E-state index in [9.17, 15) is 18.0 Å². The number of likely N-dealkylation sites (tertiary alicyclic amines) is 1. The Bertz CT molecular complexity index is 1040. The van der Waals surface area contributed by atoms with Gasteiger partial charge < -0.3 is 10.1 Å². The summed E-state index contributed by atoms with van der Waals surface area (Å²) < 4.78 is 44.3. The third-order valence-corrected chi connectivity index (χ3v) is 6.22. The number of hydrogen-bond acceptors (Lipinski definition) is 4. The van der Waals surface area contributed by atoms with E-state index in [2.05, 4.69) is 22.1 Å². The predicted octanol–water partition coefficient (Wildman–Crippen LogP) is 4.08. The molecule has 0 saturated carbocycles. The van der Waals surface area contributed by atoms with E-state index in [1.165, 1.54) is 28.5 Å². The van der Waals surface area contributed by atoms with Gasteiger partial charge in [-0.1, -0.05) is 11.6 Å². The van der Waals surface area contributed by atoms with Crippen LogP contribution in [0.3, 0.4) is 0 Å². The number of fused-ring (bicyclic) bond motifs is 1. The zero-order valence-corrected chi connectivity index (χ0v) is 18.1. The molecule has 1 fully saturated rings. The topological polar surface area (TPSA) is 54.5 Å². The highest BCUT2D eigenvalue weighted by Gasteiger charge is 2.33. The van der Waals surface area contributed by atoms with E-state index in [4.69, 9.17) is 4.74 Å². The van der Waals surface area contributed by atoms with E-state index >= 15 is 0 Å². The van der Waals surface area contributed by atoms with E-state index in [0.717, 1.165) is 44.7 Å². The Hall–Kier alpha value is -2.87. The molecule has 1 aromatic heterocycles. The van der Waals surface area contributed by atoms with Gasteiger partial charge in [-0.25, -0.2) is 0 Å². The Labute approximate surface area is 185 Å². The van der Waals surface area contributed by atoms with Crippen LogP contribution in [0, 0.1) is 5.92 Å². The monoisotopic (exact) mass is 445 g/mol. The fourth-order valence-electron chi connectivity index (χ4n) is 4.32. The van der Waals surface area contributed by atoms with Gasteiger partial charge in [0.05, 0.1) is 11.5 Å². The summed E-state index contributed by atoms with van der Waals surface area (Å²) in [5.41, 5.74) is 4.60. The third-order valence-electron chi connectivity index (χ3n) is 6.22. The average Bonchev–Trinajstić information content (AvgIpc) is 2.75. The number of carbonyl (C=O) groups excluding carboxylic acids is 1. The van der Waals surface area contributed by atoms with Gasteiger partial charge in [-0.15, -0.1) is 0 Å². The van der Waals surface area contributed by atoms with Crippen LogP contribution in [0.15, 0.2) is 42.2 Å². The smallest absolute Gasteiger partial charge is 0.417 e. The molecule has 2 aromatic rings. The van der Waals surface area contributed by atoms with Crippen LogP contribution in [-0.2, 0) is 24.0 Å². The number of pyridine rings is 1. The van der Waals surface area contributed by atoms with Gasteiger partial charge in [-0.3, -0.25) is 14.7 Å². The van der Waals surface area contributed by atoms with Gasteiger partial charge in [0.15, 0.2) is 0 Å². The van der Waals surface area contributed by atoms with Crippen LogP contribution < -0.4 is 10.1 Å². The van der Waals surface area contributed by atoms with Crippen LogP contribution in [0.4, 0.5) is 13.2 Å². The molecule has 0 atom stereocenters. The van der Waals surface area contributed by atoms with E-state index in [0.29, 0.717) is 11.3 Å². The van der Waals surface area contributed by atoms with E-state index in [1.54, 1.807) is 7.05 Å². The molecule has 1 aliphatic carbocycles. The van der Waals surface area contributed by atoms with E-state index < -0.39 is 11.7 Å². The van der Waals surface area contributed by atoms with Crippen molar-refractivity contribution in [3.8, 4) is 5.75 Å². The minimum Gasteiger partial charge on any atom is -0.489 e. The van der Waals surface area contributed by atoms with Crippen molar-refractivity contribution in [3.63, 3.8) is 0 Å². The average molecular weight is 445 g/mol. The van der Waals surface area contributed by atoms with Gasteiger partial charge in [0, 0.05) is 44.6 Å². The summed E-state index contributed by atoms with van der Waals surface area (Å²) in [6, 6.07) is 6.92. The Balaban J connectivity index is 1.39. The molecule has 0 unspecified atom stereocenters. The highest BCUT2D eigenvalue weighted by molar-refractivity contribution is 5.79. The summed E-state index contributed by atoms with van der Waals surface area (Å²) in [6.45, 7) is 4.61. The first kappa shape index (κ1) is 22.3. The Morgan fingerprint density at radius 2 is 2.00 bits per heavy atom. The highest BCUT2D eigenvalue weighted by atomic mass is 19.4. The van der Waals surface area contributed by atoms with Crippen molar-refractivity contribution in [1.82, 2.24) is 15.2 Å². The number of benzene rings is 1. The quantitative estimate of drug-likeness (QED) is 0.728. The van der Waals surface area contributed by atoms with Crippen LogP contribution in [0.25, 0.3) is 5.57 Å². The molecule has 1 N–H and O–H groups in total. The van der Waals surface area contributed by atoms with Gasteiger partial charge in [-0.2, -0.15) is 13.2 Å². The maximum absolute atomic E-state index is 12.9. The number of nitrogens with zero attached hydrogens (tertiary/aromatic N) is 2. The number of amides is 1. The molecule has 1 amide bonds. The minimum absolute atomic E-state index is 0.0250. The lowest BCUT2D eigenvalue weighted by molar-refractivity contribution is -0.138. The third kappa shape index (κ3) is 4.80. The number of halogens is 3. The number of alkyl halides is 3. The zero-order valence-electron chi connectivity index (χ0n) is 18.1. The molecule has 4 rings (SSSR count). The van der Waals surface area contributed by atoms with E-state index in [1.807, 2.05) is 18.2 Å². The molecule has 0 bridgehead atoms. The maximum Gasteiger partial charge on any atom is 0.417 e. The first-order valence-corrected chi connectivity index (χ1v) is 10.6. The van der Waals surface area contributed by atoms with Crippen LogP contribution in [-0.4, -0.2) is 42.5 Å². The Morgan fingerprint density at radius 3 is 2.72 bits per heavy atom. The summed E-state index contributed by atoms with van der Waals surface area (Å²) >= 11 is 0. The van der Waals surface area contributed by atoms with Gasteiger partial charge in [0.1, 0.15) is 12.4 Å². The molecular weight excluding hydrogens is 419 g/mol. The van der Waals surface area contributed by atoms with Crippen molar-refractivity contribution in [2.75, 3.05) is 26.7 Å². The number of nitrogens with one attached hydrogen (secondary N) is 1. The second-order valence-electron chi connectivity index (χ2n) is 8.42. The lowest BCUT2D eigenvalue weighted by Crippen LogP contribution is -2.53.